The summed E-state index contributed by atoms with van der Waals surface area (Å²) >= 11 is 0. The van der Waals surface area contributed by atoms with Crippen molar-refractivity contribution < 1.29 is 5.11 Å². The maximum atomic E-state index is 10.8. The number of unbranched alkanes of at least 4 members (excludes halogenated alkanes) is 3. The monoisotopic (exact) mass is 196 g/mol. The molecule has 0 spiro atoms. The first kappa shape index (κ1) is 10.6. The molecule has 0 aliphatic carbocycles. The minimum absolute atomic E-state index is 0.0290. The zero-order chi connectivity index (χ0) is 10.4. The van der Waals surface area contributed by atoms with Gasteiger partial charge in [0.15, 0.2) is 0 Å². The summed E-state index contributed by atoms with van der Waals surface area (Å²) in [7, 11) is 0. The van der Waals surface area contributed by atoms with Gasteiger partial charge in [-0.2, -0.15) is 0 Å². The molecule has 1 heterocycles. The number of imidazole rings is 1. The van der Waals surface area contributed by atoms with E-state index in [-0.39, 0.29) is 11.6 Å². The fraction of sp³-hybridized carbons (Fsp3) is 0.500. The first-order valence-electron chi connectivity index (χ1n) is 4.85. The lowest BCUT2D eigenvalue weighted by Crippen LogP contribution is -2.01. The van der Waals surface area contributed by atoms with E-state index >= 15 is 0 Å². The van der Waals surface area contributed by atoms with Gasteiger partial charge in [0.25, 0.3) is 0 Å². The van der Waals surface area contributed by atoms with Gasteiger partial charge in [0.1, 0.15) is 0 Å². The number of aryl methyl sites for hydroxylation is 1. The summed E-state index contributed by atoms with van der Waals surface area (Å²) in [6.45, 7) is 3.64. The molecule has 78 valence electrons. The van der Waals surface area contributed by atoms with Crippen LogP contribution in [0.3, 0.4) is 0 Å². The lowest BCUT2D eigenvalue weighted by molar-refractivity contribution is 0.447. The van der Waals surface area contributed by atoms with Crippen molar-refractivity contribution in [2.45, 2.75) is 32.1 Å². The third-order valence-electron chi connectivity index (χ3n) is 2.12. The van der Waals surface area contributed by atoms with Gasteiger partial charge in [0.2, 0.25) is 5.88 Å². The Bertz CT molecular complexity index is 338. The highest BCUT2D eigenvalue weighted by molar-refractivity contribution is 5.15. The van der Waals surface area contributed by atoms with Crippen molar-refractivity contribution in [1.82, 2.24) is 9.97 Å². The Morgan fingerprint density at radius 2 is 2.07 bits per heavy atom. The van der Waals surface area contributed by atoms with Crippen molar-refractivity contribution >= 4 is 0 Å². The number of nitrogens with one attached hydrogen (secondary N) is 2. The summed E-state index contributed by atoms with van der Waals surface area (Å²) < 4.78 is 0. The van der Waals surface area contributed by atoms with Crippen LogP contribution in [-0.4, -0.2) is 15.1 Å². The smallest absolute Gasteiger partial charge is 0.325 e. The molecule has 0 unspecified atom stereocenters. The van der Waals surface area contributed by atoms with Gasteiger partial charge < -0.3 is 10.1 Å². The number of aromatic nitrogens is 2. The maximum absolute atomic E-state index is 10.8. The molecule has 1 aromatic rings. The second-order valence-corrected chi connectivity index (χ2v) is 3.29. The molecule has 0 amide bonds. The molecule has 0 fully saturated rings. The Labute approximate surface area is 82.7 Å². The quantitative estimate of drug-likeness (QED) is 0.478. The first-order valence-corrected chi connectivity index (χ1v) is 4.85. The van der Waals surface area contributed by atoms with Crippen LogP contribution in [0.4, 0.5) is 0 Å². The van der Waals surface area contributed by atoms with Crippen molar-refractivity contribution in [3.05, 3.63) is 28.8 Å². The van der Waals surface area contributed by atoms with Gasteiger partial charge in [-0.05, 0) is 25.7 Å². The minimum atomic E-state index is -0.344. The van der Waals surface area contributed by atoms with Gasteiger partial charge in [0, 0.05) is 0 Å². The van der Waals surface area contributed by atoms with Crippen molar-refractivity contribution in [3.63, 3.8) is 0 Å². The number of aromatic hydroxyl groups is 1. The zero-order valence-electron chi connectivity index (χ0n) is 8.18. The molecular weight excluding hydrogens is 180 g/mol. The van der Waals surface area contributed by atoms with E-state index < -0.39 is 0 Å². The highest BCUT2D eigenvalue weighted by Gasteiger charge is 2.03. The number of H-pyrrole nitrogens is 2. The number of rotatable bonds is 6. The molecule has 0 atom stereocenters. The van der Waals surface area contributed by atoms with Gasteiger partial charge >= 0.3 is 5.69 Å². The van der Waals surface area contributed by atoms with E-state index in [1.807, 2.05) is 6.08 Å². The minimum Gasteiger partial charge on any atom is -0.493 e. The Morgan fingerprint density at radius 1 is 1.29 bits per heavy atom. The fourth-order valence-corrected chi connectivity index (χ4v) is 1.36. The average Bonchev–Trinajstić information content (AvgIpc) is 2.45. The molecule has 4 heteroatoms. The van der Waals surface area contributed by atoms with Crippen LogP contribution in [0.2, 0.25) is 0 Å². The Hall–Kier alpha value is -1.45. The largest absolute Gasteiger partial charge is 0.493 e. The lowest BCUT2D eigenvalue weighted by atomic mass is 10.1. The predicted octanol–water partition coefficient (Wildman–Crippen LogP) is 1.70. The molecule has 14 heavy (non-hydrogen) atoms. The standard InChI is InChI=1S/C10H16N2O2/c1-2-3-4-5-6-7-8-9(13)12-10(14)11-8/h2,13H,1,3-7H2,(H2,11,12,14). The Kier molecular flexibility index (Phi) is 4.04. The predicted molar refractivity (Wildman–Crippen MR) is 55.4 cm³/mol. The van der Waals surface area contributed by atoms with Crippen molar-refractivity contribution in [2.24, 2.45) is 0 Å². The molecule has 0 bridgehead atoms. The van der Waals surface area contributed by atoms with Crippen molar-refractivity contribution in [2.75, 3.05) is 0 Å². The molecule has 4 nitrogen and oxygen atoms in total. The van der Waals surface area contributed by atoms with E-state index in [2.05, 4.69) is 16.5 Å². The number of aromatic amines is 2. The van der Waals surface area contributed by atoms with Crippen molar-refractivity contribution in [3.8, 4) is 5.88 Å². The molecule has 0 aromatic carbocycles. The molecule has 0 aliphatic heterocycles. The maximum Gasteiger partial charge on any atom is 0.325 e. The van der Waals surface area contributed by atoms with E-state index in [9.17, 15) is 9.90 Å². The van der Waals surface area contributed by atoms with Gasteiger partial charge in [-0.3, -0.25) is 4.98 Å². The van der Waals surface area contributed by atoms with E-state index in [1.54, 1.807) is 0 Å². The van der Waals surface area contributed by atoms with E-state index in [1.165, 1.54) is 0 Å². The molecule has 0 radical (unpaired) electrons. The highest BCUT2D eigenvalue weighted by Crippen LogP contribution is 2.12. The SMILES string of the molecule is C=CCCCCCc1[nH]c(=O)[nH]c1O. The normalized spacial score (nSPS) is 10.3. The fourth-order valence-electron chi connectivity index (χ4n) is 1.36. The molecule has 0 aliphatic rings. The van der Waals surface area contributed by atoms with E-state index in [4.69, 9.17) is 0 Å². The van der Waals surface area contributed by atoms with Crippen LogP contribution in [0.1, 0.15) is 31.4 Å². The van der Waals surface area contributed by atoms with Crippen LogP contribution in [0.25, 0.3) is 0 Å². The summed E-state index contributed by atoms with van der Waals surface area (Å²) in [4.78, 5) is 15.6. The number of hydrogen-bond acceptors (Lipinski definition) is 2. The molecule has 1 rings (SSSR count). The first-order chi connectivity index (χ1) is 6.74. The van der Waals surface area contributed by atoms with Crippen molar-refractivity contribution in [1.29, 1.82) is 0 Å². The van der Waals surface area contributed by atoms with Crippen LogP contribution in [0.15, 0.2) is 17.4 Å². The molecule has 3 N–H and O–H groups in total. The lowest BCUT2D eigenvalue weighted by Gasteiger charge is -1.97. The summed E-state index contributed by atoms with van der Waals surface area (Å²) in [6.07, 6.45) is 6.79. The molecule has 1 aromatic heterocycles. The van der Waals surface area contributed by atoms with Crippen LogP contribution < -0.4 is 5.69 Å². The second-order valence-electron chi connectivity index (χ2n) is 3.29. The third-order valence-corrected chi connectivity index (χ3v) is 2.12. The number of allylic oxidation sites excluding steroid dienone is 1. The molecule has 0 saturated heterocycles. The van der Waals surface area contributed by atoms with Crippen LogP contribution in [0, 0.1) is 0 Å². The summed E-state index contributed by atoms with van der Waals surface area (Å²) in [6, 6.07) is 0. The van der Waals surface area contributed by atoms with Gasteiger partial charge in [-0.25, -0.2) is 4.79 Å². The Balaban J connectivity index is 2.27. The topological polar surface area (TPSA) is 68.9 Å². The Morgan fingerprint density at radius 3 is 2.64 bits per heavy atom. The van der Waals surface area contributed by atoms with Crippen LogP contribution in [-0.2, 0) is 6.42 Å². The molecule has 0 saturated carbocycles. The van der Waals surface area contributed by atoms with E-state index in [0.717, 1.165) is 25.7 Å². The second kappa shape index (κ2) is 5.32. The third kappa shape index (κ3) is 3.12. The highest BCUT2D eigenvalue weighted by atomic mass is 16.3. The summed E-state index contributed by atoms with van der Waals surface area (Å²) in [5.41, 5.74) is 0.261. The van der Waals surface area contributed by atoms with Crippen LogP contribution >= 0.6 is 0 Å². The summed E-state index contributed by atoms with van der Waals surface area (Å²) in [5, 5.41) is 9.23. The van der Waals surface area contributed by atoms with Crippen LogP contribution in [0.5, 0.6) is 5.88 Å². The van der Waals surface area contributed by atoms with Gasteiger partial charge in [0.05, 0.1) is 5.69 Å². The summed E-state index contributed by atoms with van der Waals surface area (Å²) in [5.74, 6) is -0.0290. The number of hydrogen-bond donors (Lipinski definition) is 3. The van der Waals surface area contributed by atoms with Gasteiger partial charge in [-0.1, -0.05) is 12.5 Å². The molecular formula is C10H16N2O2. The van der Waals surface area contributed by atoms with E-state index in [0.29, 0.717) is 12.1 Å². The zero-order valence-corrected chi connectivity index (χ0v) is 8.18. The van der Waals surface area contributed by atoms with Gasteiger partial charge in [-0.15, -0.1) is 6.58 Å². The average molecular weight is 196 g/mol.